The number of carbonyl (C=O) groups is 1. The number of nitrogens with zero attached hydrogens (tertiary/aromatic N) is 2. The standard InChI is InChI=1S/C12H19N3OS/c1-4-17-11-8-10(6-5-7-13-9-11)14-12(16)15(2)3/h6,8-9H,4-5,7H2,1-3H3,(H,14,16)/b10-6+,11-8?,13-9?. The van der Waals surface area contributed by atoms with Gasteiger partial charge in [-0.15, -0.1) is 11.8 Å². The lowest BCUT2D eigenvalue weighted by atomic mass is 10.2. The van der Waals surface area contributed by atoms with Gasteiger partial charge in [0, 0.05) is 37.5 Å². The summed E-state index contributed by atoms with van der Waals surface area (Å²) in [7, 11) is 3.46. The molecule has 0 spiro atoms. The molecular weight excluding hydrogens is 234 g/mol. The van der Waals surface area contributed by atoms with Gasteiger partial charge in [-0.05, 0) is 18.2 Å². The summed E-state index contributed by atoms with van der Waals surface area (Å²) in [6.07, 6.45) is 6.70. The summed E-state index contributed by atoms with van der Waals surface area (Å²) in [5.74, 6) is 0.993. The van der Waals surface area contributed by atoms with Crippen molar-refractivity contribution in [3.8, 4) is 0 Å². The highest BCUT2D eigenvalue weighted by Gasteiger charge is 2.06. The summed E-state index contributed by atoms with van der Waals surface area (Å²) in [5, 5.41) is 2.87. The first kappa shape index (κ1) is 13.8. The predicted molar refractivity (Wildman–Crippen MR) is 74.5 cm³/mol. The van der Waals surface area contributed by atoms with E-state index in [0.717, 1.165) is 29.3 Å². The number of urea groups is 1. The fraction of sp³-hybridized carbons (Fsp3) is 0.500. The van der Waals surface area contributed by atoms with Gasteiger partial charge >= 0.3 is 6.03 Å². The molecule has 0 bridgehead atoms. The number of aliphatic imine (C=N–C) groups is 1. The van der Waals surface area contributed by atoms with Crippen molar-refractivity contribution in [3.05, 3.63) is 22.8 Å². The van der Waals surface area contributed by atoms with Crippen LogP contribution in [-0.4, -0.2) is 43.5 Å². The van der Waals surface area contributed by atoms with Crippen molar-refractivity contribution in [2.75, 3.05) is 26.4 Å². The molecule has 0 atom stereocenters. The number of hydrogen-bond donors (Lipinski definition) is 1. The molecule has 0 radical (unpaired) electrons. The minimum absolute atomic E-state index is 0.106. The lowest BCUT2D eigenvalue weighted by Crippen LogP contribution is -2.33. The maximum absolute atomic E-state index is 11.6. The zero-order valence-electron chi connectivity index (χ0n) is 10.6. The Bertz CT molecular complexity index is 359. The fourth-order valence-electron chi connectivity index (χ4n) is 1.27. The van der Waals surface area contributed by atoms with E-state index in [1.54, 1.807) is 25.9 Å². The van der Waals surface area contributed by atoms with Gasteiger partial charge in [-0.2, -0.15) is 0 Å². The summed E-state index contributed by atoms with van der Waals surface area (Å²) in [6.45, 7) is 2.86. The molecule has 0 unspecified atom stereocenters. The third kappa shape index (κ3) is 5.08. The average Bonchev–Trinajstić information content (AvgIpc) is 2.24. The Morgan fingerprint density at radius 2 is 2.35 bits per heavy atom. The van der Waals surface area contributed by atoms with Crippen molar-refractivity contribution in [2.45, 2.75) is 13.3 Å². The van der Waals surface area contributed by atoms with Crippen LogP contribution in [0.3, 0.4) is 0 Å². The minimum atomic E-state index is -0.106. The van der Waals surface area contributed by atoms with Crippen LogP contribution in [0, 0.1) is 0 Å². The van der Waals surface area contributed by atoms with Crippen LogP contribution in [0.5, 0.6) is 0 Å². The monoisotopic (exact) mass is 253 g/mol. The van der Waals surface area contributed by atoms with Gasteiger partial charge in [0.25, 0.3) is 0 Å². The van der Waals surface area contributed by atoms with Gasteiger partial charge in [-0.3, -0.25) is 4.99 Å². The molecular formula is C12H19N3OS. The van der Waals surface area contributed by atoms with Gasteiger partial charge in [0.1, 0.15) is 0 Å². The van der Waals surface area contributed by atoms with E-state index in [-0.39, 0.29) is 6.03 Å². The largest absolute Gasteiger partial charge is 0.331 e. The number of nitrogens with one attached hydrogen (secondary N) is 1. The van der Waals surface area contributed by atoms with Crippen LogP contribution in [0.1, 0.15) is 13.3 Å². The summed E-state index contributed by atoms with van der Waals surface area (Å²) in [6, 6.07) is -0.106. The number of rotatable bonds is 3. The molecule has 0 aromatic carbocycles. The van der Waals surface area contributed by atoms with E-state index >= 15 is 0 Å². The SMILES string of the molecule is CCSC1=C/C(NC(=O)N(C)C)=C\CCN=C1. The van der Waals surface area contributed by atoms with Crippen molar-refractivity contribution >= 4 is 24.0 Å². The first-order valence-corrected chi connectivity index (χ1v) is 6.65. The van der Waals surface area contributed by atoms with E-state index in [2.05, 4.69) is 17.2 Å². The van der Waals surface area contributed by atoms with Gasteiger partial charge in [0.15, 0.2) is 0 Å². The lowest BCUT2D eigenvalue weighted by Gasteiger charge is -2.14. The molecule has 0 fully saturated rings. The van der Waals surface area contributed by atoms with Crippen LogP contribution in [-0.2, 0) is 0 Å². The Morgan fingerprint density at radius 3 is 3.00 bits per heavy atom. The summed E-state index contributed by atoms with van der Waals surface area (Å²) < 4.78 is 0. The number of thioether (sulfide) groups is 1. The molecule has 5 heteroatoms. The van der Waals surface area contributed by atoms with E-state index in [9.17, 15) is 4.79 Å². The van der Waals surface area contributed by atoms with Crippen LogP contribution < -0.4 is 5.32 Å². The summed E-state index contributed by atoms with van der Waals surface area (Å²) in [4.78, 5) is 18.5. The molecule has 1 N–H and O–H groups in total. The molecule has 0 aromatic rings. The average molecular weight is 253 g/mol. The van der Waals surface area contributed by atoms with Gasteiger partial charge in [-0.25, -0.2) is 4.79 Å². The predicted octanol–water partition coefficient (Wildman–Crippen LogP) is 2.25. The van der Waals surface area contributed by atoms with Crippen LogP contribution in [0.2, 0.25) is 0 Å². The van der Waals surface area contributed by atoms with Crippen LogP contribution in [0.15, 0.2) is 27.7 Å². The molecule has 0 saturated heterocycles. The first-order valence-electron chi connectivity index (χ1n) is 5.66. The Hall–Kier alpha value is -1.23. The Balaban J connectivity index is 2.77. The van der Waals surface area contributed by atoms with E-state index in [0.29, 0.717) is 0 Å². The maximum Gasteiger partial charge on any atom is 0.321 e. The maximum atomic E-state index is 11.6. The summed E-state index contributed by atoms with van der Waals surface area (Å²) in [5.41, 5.74) is 0.853. The van der Waals surface area contributed by atoms with Gasteiger partial charge in [0.05, 0.1) is 0 Å². The van der Waals surface area contributed by atoms with Crippen LogP contribution >= 0.6 is 11.8 Å². The molecule has 0 saturated carbocycles. The van der Waals surface area contributed by atoms with Crippen molar-refractivity contribution in [1.29, 1.82) is 0 Å². The highest BCUT2D eigenvalue weighted by molar-refractivity contribution is 8.03. The van der Waals surface area contributed by atoms with E-state index in [1.807, 2.05) is 18.4 Å². The summed E-state index contributed by atoms with van der Waals surface area (Å²) >= 11 is 1.72. The molecule has 4 nitrogen and oxygen atoms in total. The van der Waals surface area contributed by atoms with Gasteiger partial charge in [0.2, 0.25) is 0 Å². The van der Waals surface area contributed by atoms with Crippen LogP contribution in [0.25, 0.3) is 0 Å². The first-order chi connectivity index (χ1) is 8.13. The fourth-order valence-corrected chi connectivity index (χ4v) is 1.96. The highest BCUT2D eigenvalue weighted by atomic mass is 32.2. The topological polar surface area (TPSA) is 44.7 Å². The Labute approximate surface area is 107 Å². The zero-order chi connectivity index (χ0) is 12.7. The third-order valence-electron chi connectivity index (χ3n) is 2.11. The number of hydrogen-bond acceptors (Lipinski definition) is 3. The minimum Gasteiger partial charge on any atom is -0.331 e. The zero-order valence-corrected chi connectivity index (χ0v) is 11.4. The number of allylic oxidation sites excluding steroid dienone is 2. The van der Waals surface area contributed by atoms with E-state index in [4.69, 9.17) is 0 Å². The number of carbonyl (C=O) groups excluding carboxylic acids is 1. The van der Waals surface area contributed by atoms with E-state index < -0.39 is 0 Å². The second kappa shape index (κ2) is 7.17. The van der Waals surface area contributed by atoms with Gasteiger partial charge < -0.3 is 10.2 Å². The molecule has 17 heavy (non-hydrogen) atoms. The van der Waals surface area contributed by atoms with Crippen molar-refractivity contribution in [1.82, 2.24) is 10.2 Å². The molecule has 1 heterocycles. The molecule has 0 aromatic heterocycles. The second-order valence-corrected chi connectivity index (χ2v) is 5.13. The van der Waals surface area contributed by atoms with Gasteiger partial charge in [-0.1, -0.05) is 13.0 Å². The molecule has 1 aliphatic heterocycles. The molecule has 1 rings (SSSR count). The third-order valence-corrected chi connectivity index (χ3v) is 2.95. The quantitative estimate of drug-likeness (QED) is 0.838. The Morgan fingerprint density at radius 1 is 1.59 bits per heavy atom. The smallest absolute Gasteiger partial charge is 0.321 e. The van der Waals surface area contributed by atoms with E-state index in [1.165, 1.54) is 4.90 Å². The lowest BCUT2D eigenvalue weighted by molar-refractivity contribution is 0.220. The second-order valence-electron chi connectivity index (χ2n) is 3.79. The van der Waals surface area contributed by atoms with Crippen molar-refractivity contribution < 1.29 is 4.79 Å². The van der Waals surface area contributed by atoms with Crippen molar-refractivity contribution in [3.63, 3.8) is 0 Å². The normalized spacial score (nSPS) is 18.5. The van der Waals surface area contributed by atoms with Crippen LogP contribution in [0.4, 0.5) is 4.79 Å². The Kier molecular flexibility index (Phi) is 5.83. The van der Waals surface area contributed by atoms with Crippen molar-refractivity contribution in [2.24, 2.45) is 4.99 Å². The number of amides is 2. The highest BCUT2D eigenvalue weighted by Crippen LogP contribution is 2.16. The molecule has 94 valence electrons. The molecule has 2 amide bonds. The molecule has 1 aliphatic rings. The molecule has 0 aliphatic carbocycles.